The van der Waals surface area contributed by atoms with Crippen LogP contribution in [0.15, 0.2) is 83.8 Å². The summed E-state index contributed by atoms with van der Waals surface area (Å²) in [6, 6.07) is 22.4. The van der Waals surface area contributed by atoms with Crippen LogP contribution in [0.3, 0.4) is 0 Å². The Balaban J connectivity index is 1.73. The van der Waals surface area contributed by atoms with Crippen molar-refractivity contribution in [2.75, 3.05) is 20.2 Å². The summed E-state index contributed by atoms with van der Waals surface area (Å²) in [6.45, 7) is -0.333. The van der Waals surface area contributed by atoms with E-state index < -0.39 is 27.6 Å². The monoisotopic (exact) mass is 524 g/mol. The molecule has 0 bridgehead atoms. The lowest BCUT2D eigenvalue weighted by atomic mass is 9.87. The van der Waals surface area contributed by atoms with Gasteiger partial charge in [0.1, 0.15) is 11.3 Å². The number of benzene rings is 3. The number of amides is 1. The third-order valence-corrected chi connectivity index (χ3v) is 8.70. The minimum Gasteiger partial charge on any atom is -0.497 e. The summed E-state index contributed by atoms with van der Waals surface area (Å²) in [5.41, 5.74) is 0.491. The number of nitrogens with zero attached hydrogens (tertiary/aromatic N) is 2. The quantitative estimate of drug-likeness (QED) is 0.454. The van der Waals surface area contributed by atoms with Gasteiger partial charge in [0.2, 0.25) is 10.0 Å². The zero-order chi connectivity index (χ0) is 26.6. The fourth-order valence-corrected chi connectivity index (χ4v) is 6.36. The number of hydrogen-bond acceptors (Lipinski definition) is 5. The molecule has 1 saturated heterocycles. The highest BCUT2D eigenvalue weighted by molar-refractivity contribution is 7.89. The van der Waals surface area contributed by atoms with Crippen LogP contribution in [-0.4, -0.2) is 65.6 Å². The standard InChI is InChI=1S/C27H28N2O7S/c1-36-23-11-7-21(8-12-23)22-9-13-24(14-10-22)37(34,35)29(19-20-5-3-2-4-6-20)27(25(30)31)15-17-28(18-16-27)26(32)33/h2-14H,15-19H2,1H3,(H,30,31)(H,32,33). The number of aliphatic carboxylic acids is 1. The normalized spacial score (nSPS) is 15.4. The highest BCUT2D eigenvalue weighted by Gasteiger charge is 2.52. The number of carboxylic acid groups (broad SMARTS) is 2. The van der Waals surface area contributed by atoms with Crippen LogP contribution >= 0.6 is 0 Å². The second kappa shape index (κ2) is 10.6. The van der Waals surface area contributed by atoms with Crippen molar-refractivity contribution in [2.24, 2.45) is 0 Å². The van der Waals surface area contributed by atoms with E-state index in [-0.39, 0.29) is 37.4 Å². The lowest BCUT2D eigenvalue weighted by Gasteiger charge is -2.44. The van der Waals surface area contributed by atoms with Gasteiger partial charge >= 0.3 is 12.1 Å². The number of carbonyl (C=O) groups is 2. The summed E-state index contributed by atoms with van der Waals surface area (Å²) in [7, 11) is -2.71. The third-order valence-electron chi connectivity index (χ3n) is 6.77. The summed E-state index contributed by atoms with van der Waals surface area (Å²) in [4.78, 5) is 25.2. The van der Waals surface area contributed by atoms with Crippen LogP contribution in [0.1, 0.15) is 18.4 Å². The van der Waals surface area contributed by atoms with E-state index in [1.54, 1.807) is 49.6 Å². The van der Waals surface area contributed by atoms with Crippen molar-refractivity contribution >= 4 is 22.1 Å². The predicted octanol–water partition coefficient (Wildman–Crippen LogP) is 4.15. The van der Waals surface area contributed by atoms with Crippen LogP contribution in [0.5, 0.6) is 5.75 Å². The van der Waals surface area contributed by atoms with Gasteiger partial charge in [0.15, 0.2) is 0 Å². The van der Waals surface area contributed by atoms with Gasteiger partial charge in [-0.1, -0.05) is 54.6 Å². The maximum atomic E-state index is 14.0. The first-order valence-corrected chi connectivity index (χ1v) is 13.1. The Bertz CT molecular complexity index is 1350. The van der Waals surface area contributed by atoms with E-state index in [0.29, 0.717) is 11.3 Å². The molecule has 1 heterocycles. The fraction of sp³-hybridized carbons (Fsp3) is 0.259. The first-order valence-electron chi connectivity index (χ1n) is 11.7. The molecule has 4 rings (SSSR count). The predicted molar refractivity (Wildman–Crippen MR) is 137 cm³/mol. The summed E-state index contributed by atoms with van der Waals surface area (Å²) in [5.74, 6) is -0.598. The molecule has 194 valence electrons. The van der Waals surface area contributed by atoms with Crippen molar-refractivity contribution in [1.29, 1.82) is 0 Å². The Hall–Kier alpha value is -3.89. The maximum absolute atomic E-state index is 14.0. The van der Waals surface area contributed by atoms with E-state index >= 15 is 0 Å². The lowest BCUT2D eigenvalue weighted by Crippen LogP contribution is -2.61. The highest BCUT2D eigenvalue weighted by atomic mass is 32.2. The van der Waals surface area contributed by atoms with Crippen LogP contribution in [0.2, 0.25) is 0 Å². The number of ether oxygens (including phenoxy) is 1. The smallest absolute Gasteiger partial charge is 0.407 e. The van der Waals surface area contributed by atoms with Crippen LogP contribution < -0.4 is 4.74 Å². The first kappa shape index (κ1) is 26.2. The molecule has 0 atom stereocenters. The number of rotatable bonds is 8. The van der Waals surface area contributed by atoms with Crippen molar-refractivity contribution in [1.82, 2.24) is 9.21 Å². The Kier molecular flexibility index (Phi) is 7.51. The van der Waals surface area contributed by atoms with Gasteiger partial charge in [-0.25, -0.2) is 13.2 Å². The highest BCUT2D eigenvalue weighted by Crippen LogP contribution is 2.36. The van der Waals surface area contributed by atoms with Gasteiger partial charge in [0.25, 0.3) is 0 Å². The van der Waals surface area contributed by atoms with Gasteiger partial charge < -0.3 is 19.8 Å². The van der Waals surface area contributed by atoms with E-state index in [2.05, 4.69) is 0 Å². The van der Waals surface area contributed by atoms with Crippen molar-refractivity contribution in [3.63, 3.8) is 0 Å². The van der Waals surface area contributed by atoms with Gasteiger partial charge in [0.05, 0.1) is 12.0 Å². The minimum absolute atomic E-state index is 0.0398. The Morgan fingerprint density at radius 3 is 1.92 bits per heavy atom. The number of piperidine rings is 1. The number of hydrogen-bond donors (Lipinski definition) is 2. The molecule has 9 nitrogen and oxygen atoms in total. The largest absolute Gasteiger partial charge is 0.497 e. The molecule has 3 aromatic rings. The van der Waals surface area contributed by atoms with Crippen LogP contribution in [0.4, 0.5) is 4.79 Å². The minimum atomic E-state index is -4.28. The van der Waals surface area contributed by atoms with Crippen molar-refractivity contribution in [2.45, 2.75) is 29.8 Å². The number of methoxy groups -OCH3 is 1. The zero-order valence-corrected chi connectivity index (χ0v) is 21.1. The molecule has 1 fully saturated rings. The Morgan fingerprint density at radius 2 is 1.43 bits per heavy atom. The van der Waals surface area contributed by atoms with E-state index in [0.717, 1.165) is 20.3 Å². The molecule has 0 spiro atoms. The summed E-state index contributed by atoms with van der Waals surface area (Å²) in [6.07, 6.45) is -1.49. The average Bonchev–Trinajstić information content (AvgIpc) is 2.92. The average molecular weight is 525 g/mol. The molecule has 10 heteroatoms. The van der Waals surface area contributed by atoms with Crippen molar-refractivity contribution in [3.05, 3.63) is 84.4 Å². The molecule has 0 unspecified atom stereocenters. The van der Waals surface area contributed by atoms with Gasteiger partial charge in [-0.2, -0.15) is 4.31 Å². The molecule has 0 radical (unpaired) electrons. The van der Waals surface area contributed by atoms with E-state index in [1.165, 1.54) is 12.1 Å². The molecule has 37 heavy (non-hydrogen) atoms. The fourth-order valence-electron chi connectivity index (χ4n) is 4.58. The molecule has 1 aliphatic heterocycles. The Labute approximate surface area is 215 Å². The summed E-state index contributed by atoms with van der Waals surface area (Å²) in [5, 5.41) is 19.7. The van der Waals surface area contributed by atoms with Gasteiger partial charge in [-0.15, -0.1) is 0 Å². The lowest BCUT2D eigenvalue weighted by molar-refractivity contribution is -0.151. The molecule has 1 amide bonds. The second-order valence-electron chi connectivity index (χ2n) is 8.86. The van der Waals surface area contributed by atoms with Gasteiger partial charge in [-0.05, 0) is 53.8 Å². The maximum Gasteiger partial charge on any atom is 0.407 e. The van der Waals surface area contributed by atoms with Crippen molar-refractivity contribution < 1.29 is 33.0 Å². The number of sulfonamides is 1. The molecule has 2 N–H and O–H groups in total. The molecule has 0 saturated carbocycles. The SMILES string of the molecule is COc1ccc(-c2ccc(S(=O)(=O)N(Cc3ccccc3)C3(C(=O)O)CCN(C(=O)O)CC3)cc2)cc1. The van der Waals surface area contributed by atoms with Crippen molar-refractivity contribution in [3.8, 4) is 16.9 Å². The van der Waals surface area contributed by atoms with E-state index in [9.17, 15) is 28.2 Å². The number of likely N-dealkylation sites (tertiary alicyclic amines) is 1. The van der Waals surface area contributed by atoms with Gasteiger partial charge in [0, 0.05) is 19.6 Å². The third kappa shape index (κ3) is 5.30. The summed E-state index contributed by atoms with van der Waals surface area (Å²) < 4.78 is 34.2. The van der Waals surface area contributed by atoms with E-state index in [4.69, 9.17) is 4.74 Å². The molecule has 0 aromatic heterocycles. The topological polar surface area (TPSA) is 124 Å². The van der Waals surface area contributed by atoms with Gasteiger partial charge in [-0.3, -0.25) is 4.79 Å². The van der Waals surface area contributed by atoms with Crippen LogP contribution in [0.25, 0.3) is 11.1 Å². The molecular formula is C27H28N2O7S. The summed E-state index contributed by atoms with van der Waals surface area (Å²) >= 11 is 0. The molecule has 3 aromatic carbocycles. The molecule has 0 aliphatic carbocycles. The Morgan fingerprint density at radius 1 is 0.892 bits per heavy atom. The number of carboxylic acids is 1. The van der Waals surface area contributed by atoms with Crippen LogP contribution in [0, 0.1) is 0 Å². The molecule has 1 aliphatic rings. The van der Waals surface area contributed by atoms with Crippen LogP contribution in [-0.2, 0) is 21.4 Å². The first-order chi connectivity index (χ1) is 17.7. The second-order valence-corrected chi connectivity index (χ2v) is 10.7. The van der Waals surface area contributed by atoms with E-state index in [1.807, 2.05) is 24.3 Å². The molecular weight excluding hydrogens is 496 g/mol. The zero-order valence-electron chi connectivity index (χ0n) is 20.3.